The number of ketones is 1. The largest absolute Gasteiger partial charge is 0.378 e. The number of allylic oxidation sites excluding steroid dienone is 1. The van der Waals surface area contributed by atoms with Crippen LogP contribution in [0.25, 0.3) is 6.08 Å². The highest BCUT2D eigenvalue weighted by Gasteiger charge is 2.12. The molecule has 0 aromatic heterocycles. The van der Waals surface area contributed by atoms with Crippen LogP contribution in [0.2, 0.25) is 0 Å². The molecule has 0 spiro atoms. The van der Waals surface area contributed by atoms with Crippen molar-refractivity contribution in [1.82, 2.24) is 0 Å². The summed E-state index contributed by atoms with van der Waals surface area (Å²) in [6, 6.07) is 16.9. The quantitative estimate of drug-likeness (QED) is 0.641. The first kappa shape index (κ1) is 16.0. The summed E-state index contributed by atoms with van der Waals surface area (Å²) in [6.45, 7) is 3.13. The zero-order chi connectivity index (χ0) is 16.8. The molecule has 0 aliphatic carbocycles. The summed E-state index contributed by atoms with van der Waals surface area (Å²) in [4.78, 5) is 14.6. The molecule has 3 rings (SSSR count). The Hall–Kier alpha value is -2.90. The average molecular weight is 318 g/mol. The average Bonchev–Trinajstić information content (AvgIpc) is 2.67. The van der Waals surface area contributed by atoms with Gasteiger partial charge in [-0.15, -0.1) is 0 Å². The topological polar surface area (TPSA) is 53.3 Å². The van der Waals surface area contributed by atoms with Gasteiger partial charge < -0.3 is 9.64 Å². The van der Waals surface area contributed by atoms with E-state index in [9.17, 15) is 4.79 Å². The van der Waals surface area contributed by atoms with Crippen LogP contribution in [0.1, 0.15) is 21.5 Å². The molecule has 0 bridgehead atoms. The molecule has 0 saturated carbocycles. The third kappa shape index (κ3) is 3.89. The number of hydrogen-bond acceptors (Lipinski definition) is 4. The van der Waals surface area contributed by atoms with Gasteiger partial charge in [-0.3, -0.25) is 4.79 Å². The molecule has 0 radical (unpaired) electrons. The van der Waals surface area contributed by atoms with Gasteiger partial charge in [0.15, 0.2) is 5.78 Å². The smallest absolute Gasteiger partial charge is 0.185 e. The van der Waals surface area contributed by atoms with E-state index >= 15 is 0 Å². The lowest BCUT2D eigenvalue weighted by Gasteiger charge is -2.29. The van der Waals surface area contributed by atoms with E-state index in [1.165, 1.54) is 0 Å². The van der Waals surface area contributed by atoms with Crippen molar-refractivity contribution in [2.75, 3.05) is 31.2 Å². The highest BCUT2D eigenvalue weighted by atomic mass is 16.5. The molecule has 1 fully saturated rings. The van der Waals surface area contributed by atoms with Crippen molar-refractivity contribution in [3.05, 3.63) is 71.3 Å². The number of hydrogen-bond donors (Lipinski definition) is 0. The van der Waals surface area contributed by atoms with Gasteiger partial charge in [0.1, 0.15) is 0 Å². The number of carbonyl (C=O) groups excluding carboxylic acids is 1. The van der Waals surface area contributed by atoms with Gasteiger partial charge in [0.05, 0.1) is 24.8 Å². The van der Waals surface area contributed by atoms with Crippen molar-refractivity contribution in [2.45, 2.75) is 0 Å². The van der Waals surface area contributed by atoms with E-state index in [-0.39, 0.29) is 5.78 Å². The highest BCUT2D eigenvalue weighted by Crippen LogP contribution is 2.18. The monoisotopic (exact) mass is 318 g/mol. The summed E-state index contributed by atoms with van der Waals surface area (Å²) in [6.07, 6.45) is 3.34. The Bertz CT molecular complexity index is 782. The Morgan fingerprint density at radius 1 is 1.12 bits per heavy atom. The van der Waals surface area contributed by atoms with Crippen LogP contribution in [-0.2, 0) is 4.74 Å². The number of ether oxygens (including phenoxy) is 1. The molecule has 1 saturated heterocycles. The summed E-state index contributed by atoms with van der Waals surface area (Å²) >= 11 is 0. The summed E-state index contributed by atoms with van der Waals surface area (Å²) in [5, 5.41) is 8.79. The fourth-order valence-corrected chi connectivity index (χ4v) is 2.61. The fraction of sp³-hybridized carbons (Fsp3) is 0.200. The molecule has 2 aromatic rings. The van der Waals surface area contributed by atoms with Gasteiger partial charge in [0.2, 0.25) is 0 Å². The molecule has 24 heavy (non-hydrogen) atoms. The van der Waals surface area contributed by atoms with Crippen LogP contribution < -0.4 is 4.90 Å². The standard InChI is InChI=1S/C20H18N2O2/c21-15-17-6-4-16(5-7-17)8-9-20(23)18-2-1-3-19(14-18)22-10-12-24-13-11-22/h1-9,14H,10-13H2. The molecule has 4 nitrogen and oxygen atoms in total. The number of anilines is 1. The lowest BCUT2D eigenvalue weighted by molar-refractivity contribution is 0.104. The van der Waals surface area contributed by atoms with Crippen molar-refractivity contribution in [1.29, 1.82) is 5.26 Å². The van der Waals surface area contributed by atoms with E-state index in [4.69, 9.17) is 10.00 Å². The predicted octanol–water partition coefficient (Wildman–Crippen LogP) is 3.29. The Morgan fingerprint density at radius 3 is 2.58 bits per heavy atom. The van der Waals surface area contributed by atoms with Crippen LogP contribution in [0.15, 0.2) is 54.6 Å². The van der Waals surface area contributed by atoms with Gasteiger partial charge in [0, 0.05) is 24.3 Å². The van der Waals surface area contributed by atoms with Crippen LogP contribution in [0.4, 0.5) is 5.69 Å². The van der Waals surface area contributed by atoms with Crippen molar-refractivity contribution in [2.24, 2.45) is 0 Å². The second kappa shape index (κ2) is 7.58. The van der Waals surface area contributed by atoms with E-state index < -0.39 is 0 Å². The van der Waals surface area contributed by atoms with E-state index in [1.54, 1.807) is 24.3 Å². The fourth-order valence-electron chi connectivity index (χ4n) is 2.61. The SMILES string of the molecule is N#Cc1ccc(C=CC(=O)c2cccc(N3CCOCC3)c2)cc1. The van der Waals surface area contributed by atoms with Gasteiger partial charge in [-0.2, -0.15) is 5.26 Å². The van der Waals surface area contributed by atoms with Crippen LogP contribution in [0, 0.1) is 11.3 Å². The Balaban J connectivity index is 1.72. The minimum Gasteiger partial charge on any atom is -0.378 e. The molecule has 1 aliphatic heterocycles. The van der Waals surface area contributed by atoms with Gasteiger partial charge in [0.25, 0.3) is 0 Å². The maximum absolute atomic E-state index is 12.4. The van der Waals surface area contributed by atoms with Crippen molar-refractivity contribution < 1.29 is 9.53 Å². The van der Waals surface area contributed by atoms with Crippen LogP contribution >= 0.6 is 0 Å². The second-order valence-corrected chi connectivity index (χ2v) is 5.58. The second-order valence-electron chi connectivity index (χ2n) is 5.58. The molecule has 0 N–H and O–H groups in total. The van der Waals surface area contributed by atoms with Crippen molar-refractivity contribution in [3.8, 4) is 6.07 Å². The van der Waals surface area contributed by atoms with E-state index in [0.29, 0.717) is 11.1 Å². The molecule has 2 aromatic carbocycles. The normalized spacial score (nSPS) is 14.5. The first-order valence-electron chi connectivity index (χ1n) is 7.91. The number of morpholine rings is 1. The lowest BCUT2D eigenvalue weighted by Crippen LogP contribution is -2.36. The predicted molar refractivity (Wildman–Crippen MR) is 94.0 cm³/mol. The molecule has 1 heterocycles. The van der Waals surface area contributed by atoms with Gasteiger partial charge >= 0.3 is 0 Å². The third-order valence-corrected chi connectivity index (χ3v) is 3.97. The van der Waals surface area contributed by atoms with E-state index in [1.807, 2.05) is 36.4 Å². The van der Waals surface area contributed by atoms with Crippen LogP contribution in [-0.4, -0.2) is 32.1 Å². The first-order chi connectivity index (χ1) is 11.8. The number of carbonyl (C=O) groups is 1. The maximum Gasteiger partial charge on any atom is 0.185 e. The van der Waals surface area contributed by atoms with E-state index in [0.717, 1.165) is 37.6 Å². The van der Waals surface area contributed by atoms with E-state index in [2.05, 4.69) is 11.0 Å². The van der Waals surface area contributed by atoms with Crippen LogP contribution in [0.5, 0.6) is 0 Å². The summed E-state index contributed by atoms with van der Waals surface area (Å²) in [5.74, 6) is -0.0329. The zero-order valence-corrected chi connectivity index (χ0v) is 13.3. The Kier molecular flexibility index (Phi) is 5.05. The molecular formula is C20H18N2O2. The number of nitriles is 1. The third-order valence-electron chi connectivity index (χ3n) is 3.97. The molecule has 1 aliphatic rings. The number of benzene rings is 2. The lowest BCUT2D eigenvalue weighted by atomic mass is 10.1. The summed E-state index contributed by atoms with van der Waals surface area (Å²) in [5.41, 5.74) is 3.23. The minimum atomic E-state index is -0.0329. The summed E-state index contributed by atoms with van der Waals surface area (Å²) < 4.78 is 5.36. The molecule has 4 heteroatoms. The van der Waals surface area contributed by atoms with Gasteiger partial charge in [-0.25, -0.2) is 0 Å². The zero-order valence-electron chi connectivity index (χ0n) is 13.3. The summed E-state index contributed by atoms with van der Waals surface area (Å²) in [7, 11) is 0. The number of rotatable bonds is 4. The van der Waals surface area contributed by atoms with Gasteiger partial charge in [-0.1, -0.05) is 30.3 Å². The Labute approximate surface area is 141 Å². The molecule has 0 amide bonds. The van der Waals surface area contributed by atoms with Crippen molar-refractivity contribution >= 4 is 17.5 Å². The molecule has 0 atom stereocenters. The first-order valence-corrected chi connectivity index (χ1v) is 7.91. The maximum atomic E-state index is 12.4. The highest BCUT2D eigenvalue weighted by molar-refractivity contribution is 6.07. The molecular weight excluding hydrogens is 300 g/mol. The molecule has 120 valence electrons. The van der Waals surface area contributed by atoms with Crippen molar-refractivity contribution in [3.63, 3.8) is 0 Å². The van der Waals surface area contributed by atoms with Crippen LogP contribution in [0.3, 0.4) is 0 Å². The number of nitrogens with zero attached hydrogens (tertiary/aromatic N) is 2. The molecule has 0 unspecified atom stereocenters. The minimum absolute atomic E-state index is 0.0329. The Morgan fingerprint density at radius 2 is 1.88 bits per heavy atom. The van der Waals surface area contributed by atoms with Gasteiger partial charge in [-0.05, 0) is 35.9 Å².